The van der Waals surface area contributed by atoms with Crippen molar-refractivity contribution in [2.24, 2.45) is 11.7 Å². The fraction of sp³-hybridized carbons (Fsp3) is 0.273. The Kier molecular flexibility index (Phi) is 4.29. The van der Waals surface area contributed by atoms with Gasteiger partial charge in [-0.1, -0.05) is 18.5 Å². The van der Waals surface area contributed by atoms with E-state index < -0.39 is 0 Å². The Labute approximate surface area is 99.0 Å². The molecule has 1 aromatic rings. The summed E-state index contributed by atoms with van der Waals surface area (Å²) in [4.78, 5) is 11.5. The first kappa shape index (κ1) is 12.5. The first-order chi connectivity index (χ1) is 7.58. The monoisotopic (exact) mass is 237 g/mol. The fourth-order valence-electron chi connectivity index (χ4n) is 1.06. The standard InChI is InChI=1S/C11H12ClN3O/c1-7(5-13)11(16)15-9-3-2-8(6-14)10(12)4-9/h2-4,7H,5,13H2,1H3,(H,15,16). The molecule has 0 fully saturated rings. The number of rotatable bonds is 3. The molecule has 1 unspecified atom stereocenters. The molecule has 0 aliphatic heterocycles. The van der Waals surface area contributed by atoms with E-state index in [0.717, 1.165) is 0 Å². The second-order valence-electron chi connectivity index (χ2n) is 3.43. The van der Waals surface area contributed by atoms with Crippen molar-refractivity contribution < 1.29 is 4.79 Å². The third-order valence-electron chi connectivity index (χ3n) is 2.16. The van der Waals surface area contributed by atoms with E-state index in [-0.39, 0.29) is 18.4 Å². The van der Waals surface area contributed by atoms with E-state index in [9.17, 15) is 4.79 Å². The van der Waals surface area contributed by atoms with Gasteiger partial charge in [0.15, 0.2) is 0 Å². The zero-order valence-corrected chi connectivity index (χ0v) is 9.58. The van der Waals surface area contributed by atoms with Crippen molar-refractivity contribution in [3.8, 4) is 6.07 Å². The third-order valence-corrected chi connectivity index (χ3v) is 2.47. The number of nitriles is 1. The lowest BCUT2D eigenvalue weighted by Gasteiger charge is -2.10. The molecule has 5 heteroatoms. The maximum atomic E-state index is 11.5. The Morgan fingerprint density at radius 1 is 1.69 bits per heavy atom. The van der Waals surface area contributed by atoms with Crippen LogP contribution in [-0.4, -0.2) is 12.5 Å². The van der Waals surface area contributed by atoms with Gasteiger partial charge in [0.1, 0.15) is 6.07 Å². The highest BCUT2D eigenvalue weighted by Gasteiger charge is 2.11. The van der Waals surface area contributed by atoms with Gasteiger partial charge < -0.3 is 11.1 Å². The highest BCUT2D eigenvalue weighted by atomic mass is 35.5. The predicted molar refractivity (Wildman–Crippen MR) is 63.0 cm³/mol. The van der Waals surface area contributed by atoms with Gasteiger partial charge in [0.2, 0.25) is 5.91 Å². The van der Waals surface area contributed by atoms with Gasteiger partial charge >= 0.3 is 0 Å². The summed E-state index contributed by atoms with van der Waals surface area (Å²) in [5.74, 6) is -0.419. The Morgan fingerprint density at radius 3 is 2.88 bits per heavy atom. The van der Waals surface area contributed by atoms with Gasteiger partial charge in [0.25, 0.3) is 0 Å². The minimum absolute atomic E-state index is 0.164. The summed E-state index contributed by atoms with van der Waals surface area (Å²) in [5.41, 5.74) is 6.32. The van der Waals surface area contributed by atoms with E-state index in [1.54, 1.807) is 25.1 Å². The van der Waals surface area contributed by atoms with E-state index in [1.807, 2.05) is 6.07 Å². The van der Waals surface area contributed by atoms with Crippen LogP contribution in [0.3, 0.4) is 0 Å². The maximum Gasteiger partial charge on any atom is 0.228 e. The Bertz CT molecular complexity index is 439. The van der Waals surface area contributed by atoms with Gasteiger partial charge in [-0.05, 0) is 18.2 Å². The summed E-state index contributed by atoms with van der Waals surface area (Å²) in [6.45, 7) is 2.02. The fourth-order valence-corrected chi connectivity index (χ4v) is 1.28. The number of nitrogens with zero attached hydrogens (tertiary/aromatic N) is 1. The summed E-state index contributed by atoms with van der Waals surface area (Å²) in [6, 6.07) is 6.68. The van der Waals surface area contributed by atoms with Crippen LogP contribution >= 0.6 is 11.6 Å². The number of carbonyl (C=O) groups is 1. The number of benzene rings is 1. The summed E-state index contributed by atoms with van der Waals surface area (Å²) in [6.07, 6.45) is 0. The van der Waals surface area contributed by atoms with Crippen LogP contribution in [-0.2, 0) is 4.79 Å². The molecule has 0 aromatic heterocycles. The first-order valence-corrected chi connectivity index (χ1v) is 5.17. The highest BCUT2D eigenvalue weighted by Crippen LogP contribution is 2.20. The van der Waals surface area contributed by atoms with Crippen LogP contribution in [0.2, 0.25) is 5.02 Å². The number of halogens is 1. The van der Waals surface area contributed by atoms with Gasteiger partial charge in [0.05, 0.1) is 10.6 Å². The molecule has 1 atom stereocenters. The number of nitrogens with two attached hydrogens (primary N) is 1. The van der Waals surface area contributed by atoms with E-state index in [4.69, 9.17) is 22.6 Å². The van der Waals surface area contributed by atoms with Crippen molar-refractivity contribution in [3.05, 3.63) is 28.8 Å². The van der Waals surface area contributed by atoms with Crippen LogP contribution in [0, 0.1) is 17.2 Å². The van der Waals surface area contributed by atoms with Crippen molar-refractivity contribution in [2.45, 2.75) is 6.92 Å². The lowest BCUT2D eigenvalue weighted by atomic mass is 10.1. The topological polar surface area (TPSA) is 78.9 Å². The molecule has 84 valence electrons. The number of amides is 1. The van der Waals surface area contributed by atoms with E-state index in [1.165, 1.54) is 0 Å². The van der Waals surface area contributed by atoms with Gasteiger partial charge in [-0.2, -0.15) is 5.26 Å². The van der Waals surface area contributed by atoms with Crippen molar-refractivity contribution >= 4 is 23.2 Å². The quantitative estimate of drug-likeness (QED) is 0.841. The smallest absolute Gasteiger partial charge is 0.228 e. The van der Waals surface area contributed by atoms with Crippen molar-refractivity contribution in [1.82, 2.24) is 0 Å². The van der Waals surface area contributed by atoms with Gasteiger partial charge in [-0.3, -0.25) is 4.79 Å². The number of nitrogens with one attached hydrogen (secondary N) is 1. The summed E-state index contributed by atoms with van der Waals surface area (Å²) in [7, 11) is 0. The molecule has 0 radical (unpaired) electrons. The molecule has 0 saturated heterocycles. The number of anilines is 1. The van der Waals surface area contributed by atoms with Crippen LogP contribution in [0.1, 0.15) is 12.5 Å². The van der Waals surface area contributed by atoms with Gasteiger partial charge in [-0.15, -0.1) is 0 Å². The minimum Gasteiger partial charge on any atom is -0.330 e. The molecule has 0 heterocycles. The zero-order valence-electron chi connectivity index (χ0n) is 8.83. The SMILES string of the molecule is CC(CN)C(=O)Nc1ccc(C#N)c(Cl)c1. The second kappa shape index (κ2) is 5.50. The summed E-state index contributed by atoms with van der Waals surface area (Å²) >= 11 is 5.83. The first-order valence-electron chi connectivity index (χ1n) is 4.79. The lowest BCUT2D eigenvalue weighted by molar-refractivity contribution is -0.119. The third kappa shape index (κ3) is 2.96. The van der Waals surface area contributed by atoms with Crippen LogP contribution < -0.4 is 11.1 Å². The van der Waals surface area contributed by atoms with Crippen LogP contribution in [0.5, 0.6) is 0 Å². The molecule has 1 amide bonds. The molecule has 3 N–H and O–H groups in total. The molecular weight excluding hydrogens is 226 g/mol. The Hall–Kier alpha value is -1.57. The number of hydrogen-bond donors (Lipinski definition) is 2. The summed E-state index contributed by atoms with van der Waals surface area (Å²) < 4.78 is 0. The second-order valence-corrected chi connectivity index (χ2v) is 3.84. The molecule has 16 heavy (non-hydrogen) atoms. The molecule has 4 nitrogen and oxygen atoms in total. The normalized spacial score (nSPS) is 11.6. The largest absolute Gasteiger partial charge is 0.330 e. The van der Waals surface area contributed by atoms with Crippen LogP contribution in [0.15, 0.2) is 18.2 Å². The molecular formula is C11H12ClN3O. The predicted octanol–water partition coefficient (Wildman–Crippen LogP) is 1.74. The Morgan fingerprint density at radius 2 is 2.38 bits per heavy atom. The molecule has 0 aliphatic carbocycles. The number of hydrogen-bond acceptors (Lipinski definition) is 3. The molecule has 1 rings (SSSR count). The average molecular weight is 238 g/mol. The zero-order chi connectivity index (χ0) is 12.1. The van der Waals surface area contributed by atoms with Crippen LogP contribution in [0.4, 0.5) is 5.69 Å². The molecule has 0 saturated carbocycles. The maximum absolute atomic E-state index is 11.5. The van der Waals surface area contributed by atoms with E-state index in [0.29, 0.717) is 16.3 Å². The van der Waals surface area contributed by atoms with Crippen molar-refractivity contribution in [1.29, 1.82) is 5.26 Å². The number of carbonyl (C=O) groups excluding carboxylic acids is 1. The van der Waals surface area contributed by atoms with Crippen molar-refractivity contribution in [2.75, 3.05) is 11.9 Å². The summed E-state index contributed by atoms with van der Waals surface area (Å²) in [5, 5.41) is 11.7. The highest BCUT2D eigenvalue weighted by molar-refractivity contribution is 6.32. The lowest BCUT2D eigenvalue weighted by Crippen LogP contribution is -2.26. The minimum atomic E-state index is -0.255. The molecule has 1 aromatic carbocycles. The van der Waals surface area contributed by atoms with Gasteiger partial charge in [0, 0.05) is 18.2 Å². The van der Waals surface area contributed by atoms with Crippen molar-refractivity contribution in [3.63, 3.8) is 0 Å². The molecule has 0 bridgehead atoms. The van der Waals surface area contributed by atoms with E-state index >= 15 is 0 Å². The average Bonchev–Trinajstić information content (AvgIpc) is 2.28. The van der Waals surface area contributed by atoms with E-state index in [2.05, 4.69) is 5.32 Å². The molecule has 0 aliphatic rings. The van der Waals surface area contributed by atoms with Gasteiger partial charge in [-0.25, -0.2) is 0 Å². The molecule has 0 spiro atoms. The van der Waals surface area contributed by atoms with Crippen LogP contribution in [0.25, 0.3) is 0 Å². The Balaban J connectivity index is 2.80.